The minimum atomic E-state index is -0.253. The zero-order valence-corrected chi connectivity index (χ0v) is 12.6. The Morgan fingerprint density at radius 3 is 2.55 bits per heavy atom. The number of nitrogen functional groups attached to an aromatic ring is 1. The molecule has 0 aliphatic heterocycles. The summed E-state index contributed by atoms with van der Waals surface area (Å²) >= 11 is 0. The van der Waals surface area contributed by atoms with E-state index in [4.69, 9.17) is 10.2 Å². The molecule has 4 nitrogen and oxygen atoms in total. The lowest BCUT2D eigenvalue weighted by molar-refractivity contribution is 0.0995. The Morgan fingerprint density at radius 1 is 1.25 bits per heavy atom. The van der Waals surface area contributed by atoms with E-state index in [9.17, 15) is 4.79 Å². The molecular formula is C15H19ClN2O2. The third-order valence-corrected chi connectivity index (χ3v) is 3.08. The minimum Gasteiger partial charge on any atom is -0.456 e. The van der Waals surface area contributed by atoms with Crippen molar-refractivity contribution in [2.24, 2.45) is 0 Å². The number of amides is 1. The second kappa shape index (κ2) is 6.48. The molecule has 0 bridgehead atoms. The first kappa shape index (κ1) is 16.1. The molecule has 3 N–H and O–H groups in total. The summed E-state index contributed by atoms with van der Waals surface area (Å²) in [5.74, 6) is 0.919. The monoisotopic (exact) mass is 294 g/mol. The summed E-state index contributed by atoms with van der Waals surface area (Å²) in [6.45, 7) is 5.85. The summed E-state index contributed by atoms with van der Waals surface area (Å²) < 4.78 is 5.52. The summed E-state index contributed by atoms with van der Waals surface area (Å²) in [6, 6.07) is 7.17. The van der Waals surface area contributed by atoms with Crippen LogP contribution in [-0.4, -0.2) is 5.91 Å². The van der Waals surface area contributed by atoms with Gasteiger partial charge in [-0.2, -0.15) is 0 Å². The molecule has 1 aromatic heterocycles. The average Bonchev–Trinajstić information content (AvgIpc) is 2.75. The van der Waals surface area contributed by atoms with Crippen LogP contribution in [0.4, 0.5) is 11.4 Å². The van der Waals surface area contributed by atoms with Crippen LogP contribution in [0.2, 0.25) is 0 Å². The van der Waals surface area contributed by atoms with Gasteiger partial charge in [0.2, 0.25) is 0 Å². The van der Waals surface area contributed by atoms with E-state index in [0.717, 1.165) is 23.3 Å². The average molecular weight is 295 g/mol. The zero-order chi connectivity index (χ0) is 14.0. The minimum absolute atomic E-state index is 0. The summed E-state index contributed by atoms with van der Waals surface area (Å²) in [4.78, 5) is 12.1. The first-order valence-electron chi connectivity index (χ1n) is 6.28. The van der Waals surface area contributed by atoms with Gasteiger partial charge in [-0.3, -0.25) is 4.79 Å². The van der Waals surface area contributed by atoms with E-state index in [2.05, 4.69) is 5.32 Å². The molecule has 20 heavy (non-hydrogen) atoms. The summed E-state index contributed by atoms with van der Waals surface area (Å²) in [5, 5.41) is 2.82. The second-order valence-corrected chi connectivity index (χ2v) is 4.60. The largest absolute Gasteiger partial charge is 0.456 e. The molecule has 0 fully saturated rings. The highest BCUT2D eigenvalue weighted by molar-refractivity contribution is 6.03. The number of carbonyl (C=O) groups is 1. The van der Waals surface area contributed by atoms with Crippen molar-refractivity contribution in [1.82, 2.24) is 0 Å². The highest BCUT2D eigenvalue weighted by atomic mass is 35.5. The van der Waals surface area contributed by atoms with Gasteiger partial charge in [-0.25, -0.2) is 0 Å². The van der Waals surface area contributed by atoms with Gasteiger partial charge in [0.15, 0.2) is 5.76 Å². The Balaban J connectivity index is 0.00000200. The molecule has 0 unspecified atom stereocenters. The van der Waals surface area contributed by atoms with Gasteiger partial charge >= 0.3 is 0 Å². The Bertz CT molecular complexity index is 620. The SMILES string of the molecule is CCc1oc(C(=O)Nc2cc(N)ccc2C)cc1C.Cl. The van der Waals surface area contributed by atoms with Gasteiger partial charge in [0.1, 0.15) is 5.76 Å². The van der Waals surface area contributed by atoms with Crippen molar-refractivity contribution in [3.05, 3.63) is 46.9 Å². The number of carbonyl (C=O) groups excluding carboxylic acids is 1. The van der Waals surface area contributed by atoms with Crippen LogP contribution in [0.1, 0.15) is 34.4 Å². The summed E-state index contributed by atoms with van der Waals surface area (Å²) in [7, 11) is 0. The molecule has 1 heterocycles. The number of hydrogen-bond acceptors (Lipinski definition) is 3. The summed E-state index contributed by atoms with van der Waals surface area (Å²) in [5.41, 5.74) is 9.00. The number of benzene rings is 1. The number of halogens is 1. The van der Waals surface area contributed by atoms with E-state index in [0.29, 0.717) is 17.1 Å². The highest BCUT2D eigenvalue weighted by Gasteiger charge is 2.14. The van der Waals surface area contributed by atoms with E-state index < -0.39 is 0 Å². The van der Waals surface area contributed by atoms with E-state index >= 15 is 0 Å². The lowest BCUT2D eigenvalue weighted by Gasteiger charge is -2.07. The summed E-state index contributed by atoms with van der Waals surface area (Å²) in [6.07, 6.45) is 0.774. The third kappa shape index (κ3) is 3.33. The number of aryl methyl sites for hydroxylation is 3. The molecule has 0 atom stereocenters. The van der Waals surface area contributed by atoms with Crippen molar-refractivity contribution in [3.63, 3.8) is 0 Å². The van der Waals surface area contributed by atoms with Gasteiger partial charge in [0.05, 0.1) is 0 Å². The number of anilines is 2. The lowest BCUT2D eigenvalue weighted by Crippen LogP contribution is -2.12. The number of rotatable bonds is 3. The van der Waals surface area contributed by atoms with Crippen molar-refractivity contribution < 1.29 is 9.21 Å². The van der Waals surface area contributed by atoms with Crippen LogP contribution in [0.25, 0.3) is 0 Å². The molecule has 0 aliphatic carbocycles. The second-order valence-electron chi connectivity index (χ2n) is 4.60. The first-order chi connectivity index (χ1) is 9.01. The van der Waals surface area contributed by atoms with Gasteiger partial charge < -0.3 is 15.5 Å². The Morgan fingerprint density at radius 2 is 1.95 bits per heavy atom. The van der Waals surface area contributed by atoms with Gasteiger partial charge in [-0.05, 0) is 43.2 Å². The Kier molecular flexibility index (Phi) is 5.22. The fourth-order valence-corrected chi connectivity index (χ4v) is 1.94. The normalized spacial score (nSPS) is 9.95. The van der Waals surface area contributed by atoms with Gasteiger partial charge in [-0.15, -0.1) is 12.4 Å². The fraction of sp³-hybridized carbons (Fsp3) is 0.267. The maximum absolute atomic E-state index is 12.1. The van der Waals surface area contributed by atoms with E-state index in [-0.39, 0.29) is 18.3 Å². The van der Waals surface area contributed by atoms with Crippen molar-refractivity contribution >= 4 is 29.7 Å². The molecule has 0 spiro atoms. The van der Waals surface area contributed by atoms with Crippen molar-refractivity contribution in [2.45, 2.75) is 27.2 Å². The van der Waals surface area contributed by atoms with Crippen molar-refractivity contribution in [2.75, 3.05) is 11.1 Å². The van der Waals surface area contributed by atoms with Crippen molar-refractivity contribution in [3.8, 4) is 0 Å². The first-order valence-corrected chi connectivity index (χ1v) is 6.28. The predicted octanol–water partition coefficient (Wildman–Crippen LogP) is 3.72. The van der Waals surface area contributed by atoms with Crippen LogP contribution in [0.3, 0.4) is 0 Å². The van der Waals surface area contributed by atoms with Crippen LogP contribution >= 0.6 is 12.4 Å². The maximum atomic E-state index is 12.1. The van der Waals surface area contributed by atoms with Crippen LogP contribution in [0, 0.1) is 13.8 Å². The molecule has 0 saturated heterocycles. The zero-order valence-electron chi connectivity index (χ0n) is 11.8. The molecule has 0 aliphatic rings. The Labute approximate surface area is 124 Å². The highest BCUT2D eigenvalue weighted by Crippen LogP contribution is 2.21. The fourth-order valence-electron chi connectivity index (χ4n) is 1.94. The Hall–Kier alpha value is -1.94. The third-order valence-electron chi connectivity index (χ3n) is 3.08. The maximum Gasteiger partial charge on any atom is 0.291 e. The van der Waals surface area contributed by atoms with Gasteiger partial charge in [0.25, 0.3) is 5.91 Å². The molecule has 2 rings (SSSR count). The van der Waals surface area contributed by atoms with E-state index in [1.54, 1.807) is 18.2 Å². The smallest absolute Gasteiger partial charge is 0.291 e. The number of nitrogens with one attached hydrogen (secondary N) is 1. The topological polar surface area (TPSA) is 68.3 Å². The van der Waals surface area contributed by atoms with Crippen molar-refractivity contribution in [1.29, 1.82) is 0 Å². The molecular weight excluding hydrogens is 276 g/mol. The molecule has 0 saturated carbocycles. The number of nitrogens with two attached hydrogens (primary N) is 1. The van der Waals surface area contributed by atoms with Crippen LogP contribution in [-0.2, 0) is 6.42 Å². The molecule has 0 radical (unpaired) electrons. The molecule has 2 aromatic rings. The quantitative estimate of drug-likeness (QED) is 0.848. The van der Waals surface area contributed by atoms with E-state index in [1.165, 1.54) is 0 Å². The molecule has 108 valence electrons. The lowest BCUT2D eigenvalue weighted by atomic mass is 10.2. The molecule has 5 heteroatoms. The van der Waals surface area contributed by atoms with Crippen LogP contribution in [0.5, 0.6) is 0 Å². The van der Waals surface area contributed by atoms with Gasteiger partial charge in [-0.1, -0.05) is 13.0 Å². The predicted molar refractivity (Wildman–Crippen MR) is 83.6 cm³/mol. The van der Waals surface area contributed by atoms with Crippen LogP contribution in [0.15, 0.2) is 28.7 Å². The van der Waals surface area contributed by atoms with E-state index in [1.807, 2.05) is 26.8 Å². The van der Waals surface area contributed by atoms with Crippen LogP contribution < -0.4 is 11.1 Å². The van der Waals surface area contributed by atoms with Gasteiger partial charge in [0, 0.05) is 17.8 Å². The number of hydrogen-bond donors (Lipinski definition) is 2. The molecule has 1 aromatic carbocycles. The molecule has 1 amide bonds. The standard InChI is InChI=1S/C15H18N2O2.ClH/c1-4-13-10(3)7-14(19-13)15(18)17-12-8-11(16)6-5-9(12)2;/h5-8H,4,16H2,1-3H3,(H,17,18);1H. The number of furan rings is 1.